The summed E-state index contributed by atoms with van der Waals surface area (Å²) in [6, 6.07) is 20.3. The lowest BCUT2D eigenvalue weighted by molar-refractivity contribution is 0.0977. The van der Waals surface area contributed by atoms with Crippen LogP contribution in [0.1, 0.15) is 57.1 Å². The molecule has 1 N–H and O–H groups in total. The largest absolute Gasteiger partial charge is 0.396 e. The van der Waals surface area contributed by atoms with Crippen molar-refractivity contribution in [3.63, 3.8) is 0 Å². The average molecular weight is 373 g/mol. The normalized spacial score (nSPS) is 12.0. The minimum absolute atomic E-state index is 0.00347. The summed E-state index contributed by atoms with van der Waals surface area (Å²) in [6.45, 7) is 4.19. The summed E-state index contributed by atoms with van der Waals surface area (Å²) in [4.78, 5) is 17.3. The molecule has 3 aromatic rings. The molecule has 0 saturated heterocycles. The van der Waals surface area contributed by atoms with E-state index in [1.54, 1.807) is 12.3 Å². The van der Waals surface area contributed by atoms with Gasteiger partial charge in [0.2, 0.25) is 0 Å². The monoisotopic (exact) mass is 373 g/mol. The van der Waals surface area contributed by atoms with Gasteiger partial charge in [-0.05, 0) is 61.1 Å². The Labute approximate surface area is 167 Å². The van der Waals surface area contributed by atoms with Gasteiger partial charge in [-0.25, -0.2) is 0 Å². The van der Waals surface area contributed by atoms with E-state index in [0.717, 1.165) is 24.1 Å². The summed E-state index contributed by atoms with van der Waals surface area (Å²) in [5.41, 5.74) is 6.26. The number of rotatable bonds is 8. The third-order valence-corrected chi connectivity index (χ3v) is 5.15. The molecule has 1 atom stereocenters. The van der Waals surface area contributed by atoms with Gasteiger partial charge in [0.25, 0.3) is 0 Å². The van der Waals surface area contributed by atoms with Gasteiger partial charge in [0, 0.05) is 36.4 Å². The highest BCUT2D eigenvalue weighted by Gasteiger charge is 2.21. The van der Waals surface area contributed by atoms with Crippen molar-refractivity contribution in [3.8, 4) is 0 Å². The van der Waals surface area contributed by atoms with Gasteiger partial charge in [-0.1, -0.05) is 48.5 Å². The first-order valence-electron chi connectivity index (χ1n) is 9.79. The van der Waals surface area contributed by atoms with Gasteiger partial charge in [0.1, 0.15) is 0 Å². The Kier molecular flexibility index (Phi) is 6.72. The number of hydrogen-bond acceptors (Lipinski definition) is 3. The molecule has 3 rings (SSSR count). The van der Waals surface area contributed by atoms with Crippen LogP contribution in [0.25, 0.3) is 0 Å². The molecule has 144 valence electrons. The second-order valence-corrected chi connectivity index (χ2v) is 7.29. The maximum Gasteiger partial charge on any atom is 0.163 e. The van der Waals surface area contributed by atoms with E-state index >= 15 is 0 Å². The van der Waals surface area contributed by atoms with Crippen LogP contribution in [-0.2, 0) is 6.42 Å². The summed E-state index contributed by atoms with van der Waals surface area (Å²) >= 11 is 0. The number of aliphatic hydroxyl groups is 1. The zero-order valence-corrected chi connectivity index (χ0v) is 16.6. The van der Waals surface area contributed by atoms with Crippen molar-refractivity contribution in [1.29, 1.82) is 0 Å². The lowest BCUT2D eigenvalue weighted by Gasteiger charge is -2.20. The van der Waals surface area contributed by atoms with E-state index < -0.39 is 0 Å². The van der Waals surface area contributed by atoms with Crippen molar-refractivity contribution in [2.75, 3.05) is 6.61 Å². The number of carbonyl (C=O) groups is 1. The maximum atomic E-state index is 13.1. The van der Waals surface area contributed by atoms with Crippen LogP contribution < -0.4 is 0 Å². The molecular weight excluding hydrogens is 346 g/mol. The van der Waals surface area contributed by atoms with Crippen LogP contribution in [0.15, 0.2) is 66.9 Å². The van der Waals surface area contributed by atoms with Crippen LogP contribution in [0.3, 0.4) is 0 Å². The van der Waals surface area contributed by atoms with E-state index in [1.165, 1.54) is 16.7 Å². The lowest BCUT2D eigenvalue weighted by Crippen LogP contribution is -2.11. The molecule has 1 heterocycles. The second-order valence-electron chi connectivity index (χ2n) is 7.29. The first-order valence-corrected chi connectivity index (χ1v) is 9.79. The van der Waals surface area contributed by atoms with Crippen molar-refractivity contribution in [2.45, 2.75) is 39.0 Å². The van der Waals surface area contributed by atoms with E-state index in [0.29, 0.717) is 12.0 Å². The van der Waals surface area contributed by atoms with E-state index in [4.69, 9.17) is 5.11 Å². The molecule has 0 fully saturated rings. The predicted molar refractivity (Wildman–Crippen MR) is 113 cm³/mol. The molecule has 0 radical (unpaired) electrons. The molecule has 3 nitrogen and oxygen atoms in total. The van der Waals surface area contributed by atoms with E-state index in [9.17, 15) is 4.79 Å². The first-order chi connectivity index (χ1) is 13.6. The van der Waals surface area contributed by atoms with Crippen LogP contribution in [0.4, 0.5) is 0 Å². The highest BCUT2D eigenvalue weighted by Crippen LogP contribution is 2.32. The van der Waals surface area contributed by atoms with Crippen molar-refractivity contribution in [3.05, 3.63) is 100 Å². The second kappa shape index (κ2) is 9.43. The van der Waals surface area contributed by atoms with E-state index in [2.05, 4.69) is 42.2 Å². The van der Waals surface area contributed by atoms with Gasteiger partial charge in [0.15, 0.2) is 5.78 Å². The Bertz CT molecular complexity index is 949. The van der Waals surface area contributed by atoms with E-state index in [1.807, 2.05) is 31.2 Å². The topological polar surface area (TPSA) is 50.2 Å². The highest BCUT2D eigenvalue weighted by molar-refractivity contribution is 5.96. The molecule has 0 aliphatic carbocycles. The predicted octanol–water partition coefficient (Wildman–Crippen LogP) is 5.03. The molecule has 1 unspecified atom stereocenters. The Morgan fingerprint density at radius 2 is 1.86 bits per heavy atom. The molecule has 0 saturated carbocycles. The van der Waals surface area contributed by atoms with Crippen molar-refractivity contribution >= 4 is 5.78 Å². The maximum absolute atomic E-state index is 13.1. The fourth-order valence-electron chi connectivity index (χ4n) is 3.66. The number of carbonyl (C=O) groups excluding carboxylic acids is 1. The fourth-order valence-corrected chi connectivity index (χ4v) is 3.66. The molecule has 28 heavy (non-hydrogen) atoms. The summed E-state index contributed by atoms with van der Waals surface area (Å²) < 4.78 is 0. The standard InChI is InChI=1S/C25H27NO2/c1-18-7-3-4-11-23(18)24(17-25(28)22-12-13-26-19(2)15-22)21-10-5-8-20(16-21)9-6-14-27/h3-5,7-8,10-13,15-16,24,27H,6,9,14,17H2,1-2H3. The molecule has 0 aliphatic heterocycles. The van der Waals surface area contributed by atoms with Crippen molar-refractivity contribution in [1.82, 2.24) is 4.98 Å². The van der Waals surface area contributed by atoms with Crippen LogP contribution in [0, 0.1) is 13.8 Å². The summed E-state index contributed by atoms with van der Waals surface area (Å²) in [6.07, 6.45) is 3.69. The number of pyridine rings is 1. The van der Waals surface area contributed by atoms with Crippen molar-refractivity contribution < 1.29 is 9.90 Å². The lowest BCUT2D eigenvalue weighted by atomic mass is 9.83. The summed E-state index contributed by atoms with van der Waals surface area (Å²) in [5, 5.41) is 9.14. The Morgan fingerprint density at radius 1 is 1.04 bits per heavy atom. The van der Waals surface area contributed by atoms with Gasteiger partial charge < -0.3 is 5.11 Å². The van der Waals surface area contributed by atoms with Crippen molar-refractivity contribution in [2.24, 2.45) is 0 Å². The van der Waals surface area contributed by atoms with Crippen LogP contribution in [0.5, 0.6) is 0 Å². The molecule has 0 aliphatic rings. The molecule has 3 heteroatoms. The fraction of sp³-hybridized carbons (Fsp3) is 0.280. The van der Waals surface area contributed by atoms with E-state index in [-0.39, 0.29) is 18.3 Å². The zero-order chi connectivity index (χ0) is 19.9. The van der Waals surface area contributed by atoms with Crippen LogP contribution in [-0.4, -0.2) is 22.5 Å². The average Bonchev–Trinajstić information content (AvgIpc) is 2.71. The zero-order valence-electron chi connectivity index (χ0n) is 16.6. The molecule has 1 aromatic heterocycles. The Hall–Kier alpha value is -2.78. The van der Waals surface area contributed by atoms with Crippen LogP contribution >= 0.6 is 0 Å². The third-order valence-electron chi connectivity index (χ3n) is 5.15. The SMILES string of the molecule is Cc1cc(C(=O)CC(c2cccc(CCCO)c2)c2ccccc2C)ccn1. The number of ketones is 1. The number of nitrogens with zero attached hydrogens (tertiary/aromatic N) is 1. The Balaban J connectivity index is 1.96. The minimum atomic E-state index is -0.00347. The first kappa shape index (κ1) is 20.0. The highest BCUT2D eigenvalue weighted by atomic mass is 16.2. The van der Waals surface area contributed by atoms with Crippen LogP contribution in [0.2, 0.25) is 0 Å². The Morgan fingerprint density at radius 3 is 2.61 bits per heavy atom. The number of hydrogen-bond donors (Lipinski definition) is 1. The van der Waals surface area contributed by atoms with Gasteiger partial charge in [-0.15, -0.1) is 0 Å². The molecule has 2 aromatic carbocycles. The molecule has 0 bridgehead atoms. The van der Waals surface area contributed by atoms with Gasteiger partial charge >= 0.3 is 0 Å². The molecule has 0 spiro atoms. The summed E-state index contributed by atoms with van der Waals surface area (Å²) in [5.74, 6) is 0.121. The van der Waals surface area contributed by atoms with Gasteiger partial charge in [-0.3, -0.25) is 9.78 Å². The van der Waals surface area contributed by atoms with Gasteiger partial charge in [-0.2, -0.15) is 0 Å². The number of Topliss-reactive ketones (excluding diaryl/α,β-unsaturated/α-hetero) is 1. The number of aryl methyl sites for hydroxylation is 3. The minimum Gasteiger partial charge on any atom is -0.396 e. The quantitative estimate of drug-likeness (QED) is 0.564. The third kappa shape index (κ3) is 4.93. The number of aliphatic hydroxyl groups excluding tert-OH is 1. The summed E-state index contributed by atoms with van der Waals surface area (Å²) in [7, 11) is 0. The van der Waals surface area contributed by atoms with Gasteiger partial charge in [0.05, 0.1) is 0 Å². The smallest absolute Gasteiger partial charge is 0.163 e. The number of aromatic nitrogens is 1. The molecular formula is C25H27NO2. The molecule has 0 amide bonds. The number of benzene rings is 2.